The molecule has 0 spiro atoms. The molecule has 0 aliphatic rings. The molecule has 88 valence electrons. The molecule has 0 aliphatic carbocycles. The number of hydrogen-bond acceptors (Lipinski definition) is 4. The average Bonchev–Trinajstić information content (AvgIpc) is 2.34. The van der Waals surface area contributed by atoms with Crippen molar-refractivity contribution in [2.24, 2.45) is 0 Å². The van der Waals surface area contributed by atoms with Crippen LogP contribution in [0.15, 0.2) is 30.6 Å². The lowest BCUT2D eigenvalue weighted by molar-refractivity contribution is 0.275. The molecule has 0 unspecified atom stereocenters. The van der Waals surface area contributed by atoms with Gasteiger partial charge in [0, 0.05) is 5.02 Å². The molecule has 0 fully saturated rings. The molecular formula is C11H8ClFN2O2. The van der Waals surface area contributed by atoms with Gasteiger partial charge in [-0.05, 0) is 18.2 Å². The third-order valence-corrected chi connectivity index (χ3v) is 2.19. The number of nitrogens with zero attached hydrogens (tertiary/aromatic N) is 2. The molecule has 0 bridgehead atoms. The number of hydrogen-bond donors (Lipinski definition) is 1. The zero-order valence-electron chi connectivity index (χ0n) is 8.60. The lowest BCUT2D eigenvalue weighted by Gasteiger charge is -2.05. The van der Waals surface area contributed by atoms with E-state index in [1.807, 2.05) is 0 Å². The van der Waals surface area contributed by atoms with Crippen LogP contribution < -0.4 is 4.74 Å². The summed E-state index contributed by atoms with van der Waals surface area (Å²) >= 11 is 5.61. The van der Waals surface area contributed by atoms with Gasteiger partial charge < -0.3 is 9.84 Å². The molecule has 0 amide bonds. The van der Waals surface area contributed by atoms with Crippen LogP contribution in [-0.2, 0) is 6.61 Å². The standard InChI is InChI=1S/C11H8ClFN2O2/c12-7-1-2-10(9(13)3-7)17-11-5-14-8(6-16)4-15-11/h1-5,16H,6H2. The molecule has 0 atom stereocenters. The van der Waals surface area contributed by atoms with Crippen LogP contribution in [0.4, 0.5) is 4.39 Å². The normalized spacial score (nSPS) is 10.3. The van der Waals surface area contributed by atoms with E-state index in [0.29, 0.717) is 5.69 Å². The second kappa shape index (κ2) is 5.07. The fraction of sp³-hybridized carbons (Fsp3) is 0.0909. The van der Waals surface area contributed by atoms with Gasteiger partial charge in [-0.1, -0.05) is 11.6 Å². The summed E-state index contributed by atoms with van der Waals surface area (Å²) in [5.41, 5.74) is 0.411. The number of aromatic nitrogens is 2. The van der Waals surface area contributed by atoms with Crippen molar-refractivity contribution in [3.63, 3.8) is 0 Å². The minimum atomic E-state index is -0.578. The first kappa shape index (κ1) is 11.8. The van der Waals surface area contributed by atoms with Crippen molar-refractivity contribution >= 4 is 11.6 Å². The number of benzene rings is 1. The molecular weight excluding hydrogens is 247 g/mol. The molecule has 2 rings (SSSR count). The van der Waals surface area contributed by atoms with Crippen LogP contribution in [0.3, 0.4) is 0 Å². The van der Waals surface area contributed by atoms with Gasteiger partial charge in [-0.15, -0.1) is 0 Å². The van der Waals surface area contributed by atoms with Crippen molar-refractivity contribution in [3.8, 4) is 11.6 Å². The van der Waals surface area contributed by atoms with Gasteiger partial charge in [0.25, 0.3) is 0 Å². The zero-order chi connectivity index (χ0) is 12.3. The Bertz CT molecular complexity index is 519. The van der Waals surface area contributed by atoms with Gasteiger partial charge in [0.15, 0.2) is 11.6 Å². The number of ether oxygens (including phenoxy) is 1. The maximum absolute atomic E-state index is 13.4. The highest BCUT2D eigenvalue weighted by molar-refractivity contribution is 6.30. The predicted octanol–water partition coefficient (Wildman–Crippen LogP) is 2.55. The Kier molecular flexibility index (Phi) is 3.51. The van der Waals surface area contributed by atoms with E-state index in [-0.39, 0.29) is 23.3 Å². The number of aliphatic hydroxyl groups excluding tert-OH is 1. The Morgan fingerprint density at radius 3 is 2.71 bits per heavy atom. The first-order valence-corrected chi connectivity index (χ1v) is 5.11. The Morgan fingerprint density at radius 1 is 1.29 bits per heavy atom. The van der Waals surface area contributed by atoms with E-state index in [0.717, 1.165) is 6.07 Å². The van der Waals surface area contributed by atoms with Crippen LogP contribution >= 0.6 is 11.6 Å². The van der Waals surface area contributed by atoms with Crippen molar-refractivity contribution in [2.45, 2.75) is 6.61 Å². The summed E-state index contributed by atoms with van der Waals surface area (Å²) in [6.07, 6.45) is 2.66. The van der Waals surface area contributed by atoms with Crippen molar-refractivity contribution in [3.05, 3.63) is 47.1 Å². The molecule has 4 nitrogen and oxygen atoms in total. The van der Waals surface area contributed by atoms with Crippen molar-refractivity contribution in [1.82, 2.24) is 9.97 Å². The Labute approximate surface area is 102 Å². The summed E-state index contributed by atoms with van der Waals surface area (Å²) in [6.45, 7) is -0.206. The molecule has 1 aromatic heterocycles. The SMILES string of the molecule is OCc1cnc(Oc2ccc(Cl)cc2F)cn1. The smallest absolute Gasteiger partial charge is 0.237 e. The lowest BCUT2D eigenvalue weighted by Crippen LogP contribution is -1.95. The van der Waals surface area contributed by atoms with Crippen LogP contribution in [-0.4, -0.2) is 15.1 Å². The molecule has 0 saturated carbocycles. The van der Waals surface area contributed by atoms with E-state index in [9.17, 15) is 4.39 Å². The summed E-state index contributed by atoms with van der Waals surface area (Å²) in [5, 5.41) is 9.06. The van der Waals surface area contributed by atoms with Crippen LogP contribution in [0.1, 0.15) is 5.69 Å². The molecule has 1 aromatic carbocycles. The van der Waals surface area contributed by atoms with Gasteiger partial charge in [-0.25, -0.2) is 9.37 Å². The minimum Gasteiger partial charge on any atom is -0.434 e. The summed E-state index contributed by atoms with van der Waals surface area (Å²) in [4.78, 5) is 7.72. The maximum atomic E-state index is 13.4. The van der Waals surface area contributed by atoms with Gasteiger partial charge in [0.1, 0.15) is 0 Å². The molecule has 6 heteroatoms. The van der Waals surface area contributed by atoms with Crippen LogP contribution in [0.5, 0.6) is 11.6 Å². The van der Waals surface area contributed by atoms with Gasteiger partial charge >= 0.3 is 0 Å². The van der Waals surface area contributed by atoms with Crippen LogP contribution in [0, 0.1) is 5.82 Å². The van der Waals surface area contributed by atoms with E-state index in [1.54, 1.807) is 0 Å². The molecule has 0 saturated heterocycles. The molecule has 0 aliphatic heterocycles. The Hall–Kier alpha value is -1.72. The zero-order valence-corrected chi connectivity index (χ0v) is 9.36. The third kappa shape index (κ3) is 2.89. The first-order chi connectivity index (χ1) is 8.19. The quantitative estimate of drug-likeness (QED) is 0.915. The van der Waals surface area contributed by atoms with E-state index >= 15 is 0 Å². The number of halogens is 2. The Morgan fingerprint density at radius 2 is 2.12 bits per heavy atom. The summed E-state index contributed by atoms with van der Waals surface area (Å²) in [6, 6.07) is 4.06. The topological polar surface area (TPSA) is 55.2 Å². The second-order valence-corrected chi connectivity index (χ2v) is 3.62. The molecule has 2 aromatic rings. The predicted molar refractivity (Wildman–Crippen MR) is 59.4 cm³/mol. The van der Waals surface area contributed by atoms with Crippen molar-refractivity contribution in [2.75, 3.05) is 0 Å². The number of aliphatic hydroxyl groups is 1. The van der Waals surface area contributed by atoms with Crippen molar-refractivity contribution < 1.29 is 14.2 Å². The van der Waals surface area contributed by atoms with E-state index in [4.69, 9.17) is 21.4 Å². The van der Waals surface area contributed by atoms with Gasteiger partial charge in [0.2, 0.25) is 5.88 Å². The summed E-state index contributed by atoms with van der Waals surface area (Å²) < 4.78 is 18.6. The van der Waals surface area contributed by atoms with Crippen molar-refractivity contribution in [1.29, 1.82) is 0 Å². The van der Waals surface area contributed by atoms with E-state index in [1.165, 1.54) is 24.5 Å². The second-order valence-electron chi connectivity index (χ2n) is 3.18. The van der Waals surface area contributed by atoms with E-state index in [2.05, 4.69) is 9.97 Å². The Balaban J connectivity index is 2.19. The summed E-state index contributed by atoms with van der Waals surface area (Å²) in [7, 11) is 0. The molecule has 1 N–H and O–H groups in total. The molecule has 0 radical (unpaired) electrons. The highest BCUT2D eigenvalue weighted by Gasteiger charge is 2.06. The monoisotopic (exact) mass is 254 g/mol. The van der Waals surface area contributed by atoms with Crippen LogP contribution in [0.2, 0.25) is 5.02 Å². The van der Waals surface area contributed by atoms with Gasteiger partial charge in [-0.2, -0.15) is 0 Å². The summed E-state index contributed by atoms with van der Waals surface area (Å²) in [5.74, 6) is -0.422. The molecule has 1 heterocycles. The fourth-order valence-corrected chi connectivity index (χ4v) is 1.31. The average molecular weight is 255 g/mol. The van der Waals surface area contributed by atoms with E-state index < -0.39 is 5.82 Å². The lowest BCUT2D eigenvalue weighted by atomic mass is 10.3. The first-order valence-electron chi connectivity index (χ1n) is 4.73. The molecule has 17 heavy (non-hydrogen) atoms. The van der Waals surface area contributed by atoms with Gasteiger partial charge in [0.05, 0.1) is 24.7 Å². The fourth-order valence-electron chi connectivity index (χ4n) is 1.15. The maximum Gasteiger partial charge on any atom is 0.237 e. The largest absolute Gasteiger partial charge is 0.434 e. The minimum absolute atomic E-state index is 0.0143. The highest BCUT2D eigenvalue weighted by atomic mass is 35.5. The number of rotatable bonds is 3. The third-order valence-electron chi connectivity index (χ3n) is 1.95. The highest BCUT2D eigenvalue weighted by Crippen LogP contribution is 2.24. The van der Waals surface area contributed by atoms with Crippen LogP contribution in [0.25, 0.3) is 0 Å². The van der Waals surface area contributed by atoms with Gasteiger partial charge in [-0.3, -0.25) is 4.98 Å².